The molecule has 3 aliphatic carbocycles. The van der Waals surface area contributed by atoms with Crippen LogP contribution in [0.2, 0.25) is 0 Å². The second kappa shape index (κ2) is 8.69. The van der Waals surface area contributed by atoms with Gasteiger partial charge in [-0.3, -0.25) is 0 Å². The molecule has 0 aromatic heterocycles. The molecular weight excluding hydrogens is 530 g/mol. The van der Waals surface area contributed by atoms with Crippen LogP contribution in [0, 0.1) is 0 Å². The van der Waals surface area contributed by atoms with Crippen LogP contribution in [-0.4, -0.2) is 0 Å². The summed E-state index contributed by atoms with van der Waals surface area (Å²) in [4.78, 5) is 2.44. The quantitative estimate of drug-likeness (QED) is 0.208. The first-order valence-electron chi connectivity index (χ1n) is 15.4. The van der Waals surface area contributed by atoms with E-state index in [0.29, 0.717) is 0 Å². The molecule has 7 aromatic carbocycles. The fraction of sp³-hybridized carbons (Fsp3) is 0.0233. The number of para-hydroxylation sites is 1. The third-order valence-corrected chi connectivity index (χ3v) is 9.99. The smallest absolute Gasteiger partial charge is 0.0738 e. The zero-order valence-corrected chi connectivity index (χ0v) is 24.0. The largest absolute Gasteiger partial charge is 0.310 e. The van der Waals surface area contributed by atoms with Crippen molar-refractivity contribution in [1.82, 2.24) is 0 Å². The molecule has 0 N–H and O–H groups in total. The number of hydrogen-bond acceptors (Lipinski definition) is 1. The Morgan fingerprint density at radius 1 is 0.341 bits per heavy atom. The summed E-state index contributed by atoms with van der Waals surface area (Å²) < 4.78 is 0. The van der Waals surface area contributed by atoms with Crippen LogP contribution in [0.4, 0.5) is 17.1 Å². The Kier molecular flexibility index (Phi) is 4.71. The number of fused-ring (bicyclic) bond motifs is 5. The molecule has 0 amide bonds. The molecule has 0 saturated heterocycles. The second-order valence-corrected chi connectivity index (χ2v) is 12.0. The van der Waals surface area contributed by atoms with Crippen molar-refractivity contribution in [2.75, 3.05) is 4.90 Å². The highest BCUT2D eigenvalue weighted by atomic mass is 15.1. The highest BCUT2D eigenvalue weighted by Crippen LogP contribution is 2.70. The molecule has 1 heteroatoms. The van der Waals surface area contributed by atoms with Crippen molar-refractivity contribution >= 4 is 17.1 Å². The number of anilines is 3. The summed E-state index contributed by atoms with van der Waals surface area (Å²) in [5.74, 6) is 0. The summed E-state index contributed by atoms with van der Waals surface area (Å²) in [6.07, 6.45) is 0. The first-order valence-corrected chi connectivity index (χ1v) is 15.4. The van der Waals surface area contributed by atoms with Gasteiger partial charge >= 0.3 is 0 Å². The van der Waals surface area contributed by atoms with Crippen molar-refractivity contribution in [2.45, 2.75) is 5.41 Å². The molecule has 0 heterocycles. The minimum absolute atomic E-state index is 0.292. The molecular formula is C43H27N. The van der Waals surface area contributed by atoms with E-state index in [-0.39, 0.29) is 5.41 Å². The Labute approximate surface area is 257 Å². The average Bonchev–Trinajstić information content (AvgIpc) is 3.70. The van der Waals surface area contributed by atoms with Gasteiger partial charge < -0.3 is 4.90 Å². The molecule has 0 radical (unpaired) electrons. The number of nitrogens with zero attached hydrogens (tertiary/aromatic N) is 1. The third kappa shape index (κ3) is 2.89. The van der Waals surface area contributed by atoms with E-state index in [0.717, 1.165) is 11.4 Å². The molecule has 3 aliphatic rings. The normalized spacial score (nSPS) is 15.8. The van der Waals surface area contributed by atoms with E-state index >= 15 is 0 Å². The molecule has 44 heavy (non-hydrogen) atoms. The van der Waals surface area contributed by atoms with Crippen molar-refractivity contribution in [3.8, 4) is 44.5 Å². The van der Waals surface area contributed by atoms with E-state index in [2.05, 4.69) is 169 Å². The van der Waals surface area contributed by atoms with E-state index in [9.17, 15) is 0 Å². The van der Waals surface area contributed by atoms with Crippen LogP contribution in [0.15, 0.2) is 164 Å². The van der Waals surface area contributed by atoms with Gasteiger partial charge in [0, 0.05) is 16.9 Å². The monoisotopic (exact) mass is 557 g/mol. The Hall–Kier alpha value is -5.66. The summed E-state index contributed by atoms with van der Waals surface area (Å²) in [5, 5.41) is 0. The van der Waals surface area contributed by atoms with Gasteiger partial charge in [-0.2, -0.15) is 0 Å². The third-order valence-electron chi connectivity index (χ3n) is 9.99. The average molecular weight is 558 g/mol. The molecule has 1 nitrogen and oxygen atoms in total. The van der Waals surface area contributed by atoms with Gasteiger partial charge in [0.1, 0.15) is 0 Å². The maximum absolute atomic E-state index is 2.44. The zero-order valence-electron chi connectivity index (χ0n) is 24.0. The van der Waals surface area contributed by atoms with E-state index in [4.69, 9.17) is 0 Å². The lowest BCUT2D eigenvalue weighted by Gasteiger charge is -2.30. The maximum Gasteiger partial charge on any atom is 0.0738 e. The minimum Gasteiger partial charge on any atom is -0.310 e. The molecule has 10 rings (SSSR count). The fourth-order valence-electron chi connectivity index (χ4n) is 8.41. The lowest BCUT2D eigenvalue weighted by Crippen LogP contribution is -2.23. The molecule has 0 bridgehead atoms. The van der Waals surface area contributed by atoms with Gasteiger partial charge in [0.2, 0.25) is 0 Å². The van der Waals surface area contributed by atoms with Gasteiger partial charge in [0.15, 0.2) is 0 Å². The second-order valence-electron chi connectivity index (χ2n) is 12.0. The predicted molar refractivity (Wildman–Crippen MR) is 182 cm³/mol. The van der Waals surface area contributed by atoms with Crippen LogP contribution in [0.25, 0.3) is 44.5 Å². The van der Waals surface area contributed by atoms with E-state index < -0.39 is 0 Å². The first-order chi connectivity index (χ1) is 21.9. The Bertz CT molecular complexity index is 2250. The highest BCUT2D eigenvalue weighted by Gasteiger charge is 2.57. The summed E-state index contributed by atoms with van der Waals surface area (Å²) in [6, 6.07) is 60.3. The molecule has 7 aromatic rings. The van der Waals surface area contributed by atoms with Gasteiger partial charge in [-0.15, -0.1) is 0 Å². The summed E-state index contributed by atoms with van der Waals surface area (Å²) in [6.45, 7) is 0. The Morgan fingerprint density at radius 2 is 0.841 bits per heavy atom. The molecule has 204 valence electrons. The number of hydrogen-bond donors (Lipinski definition) is 0. The lowest BCUT2D eigenvalue weighted by molar-refractivity contribution is 0.818. The Morgan fingerprint density at radius 3 is 1.59 bits per heavy atom. The predicted octanol–water partition coefficient (Wildman–Crippen LogP) is 11.1. The number of rotatable bonds is 4. The summed E-state index contributed by atoms with van der Waals surface area (Å²) >= 11 is 0. The topological polar surface area (TPSA) is 3.24 Å². The van der Waals surface area contributed by atoms with Crippen LogP contribution < -0.4 is 4.90 Å². The van der Waals surface area contributed by atoms with Crippen molar-refractivity contribution in [2.24, 2.45) is 0 Å². The van der Waals surface area contributed by atoms with Gasteiger partial charge in [-0.05, 0) is 91.5 Å². The van der Waals surface area contributed by atoms with Gasteiger partial charge in [0.05, 0.1) is 11.1 Å². The molecule has 1 atom stereocenters. The molecule has 0 aliphatic heterocycles. The van der Waals surface area contributed by atoms with Gasteiger partial charge in [-0.1, -0.05) is 133 Å². The van der Waals surface area contributed by atoms with Crippen LogP contribution >= 0.6 is 0 Å². The molecule has 0 fully saturated rings. The van der Waals surface area contributed by atoms with Crippen molar-refractivity contribution in [3.63, 3.8) is 0 Å². The zero-order chi connectivity index (χ0) is 28.8. The van der Waals surface area contributed by atoms with Crippen molar-refractivity contribution < 1.29 is 0 Å². The van der Waals surface area contributed by atoms with Gasteiger partial charge in [0.25, 0.3) is 0 Å². The van der Waals surface area contributed by atoms with Crippen molar-refractivity contribution in [1.29, 1.82) is 0 Å². The number of benzene rings is 7. The fourth-order valence-corrected chi connectivity index (χ4v) is 8.41. The van der Waals surface area contributed by atoms with Gasteiger partial charge in [-0.25, -0.2) is 0 Å². The molecule has 1 unspecified atom stereocenters. The standard InChI is InChI=1S/C43H27N/c1-3-12-28(13-4-1)29-24-26-31(27-25-29)44(30-14-5-2-6-15-30)39-23-11-22-38-40(39)36-20-10-19-35-34-18-9-17-33-32-16-7-8-21-37(32)43(38,41(33)34)42(35)36/h1-27H. The van der Waals surface area contributed by atoms with Crippen molar-refractivity contribution in [3.05, 3.63) is 186 Å². The highest BCUT2D eigenvalue weighted by molar-refractivity contribution is 6.08. The maximum atomic E-state index is 2.44. The summed E-state index contributed by atoms with van der Waals surface area (Å²) in [5.41, 5.74) is 19.5. The molecule has 0 saturated carbocycles. The van der Waals surface area contributed by atoms with E-state index in [1.54, 1.807) is 0 Å². The lowest BCUT2D eigenvalue weighted by atomic mass is 9.73. The molecule has 1 spiro atoms. The van der Waals surface area contributed by atoms with Crippen LogP contribution in [0.1, 0.15) is 22.3 Å². The Balaban J connectivity index is 1.26. The van der Waals surface area contributed by atoms with Crippen LogP contribution in [0.3, 0.4) is 0 Å². The SMILES string of the molecule is c1ccc(-c2ccc(N(c3ccccc3)c3cccc4c3-c3cccc5c3C43c4ccccc4-c4cccc-5c43)cc2)cc1. The van der Waals surface area contributed by atoms with E-state index in [1.165, 1.54) is 72.4 Å². The van der Waals surface area contributed by atoms with E-state index in [1.807, 2.05) is 0 Å². The van der Waals surface area contributed by atoms with Crippen LogP contribution in [0.5, 0.6) is 0 Å². The minimum atomic E-state index is -0.292. The summed E-state index contributed by atoms with van der Waals surface area (Å²) in [7, 11) is 0. The van der Waals surface area contributed by atoms with Crippen LogP contribution in [-0.2, 0) is 5.41 Å². The first kappa shape index (κ1) is 23.9.